The summed E-state index contributed by atoms with van der Waals surface area (Å²) in [5.41, 5.74) is -2.55. The Balaban J connectivity index is 2.42. The molecule has 0 fully saturated rings. The Morgan fingerprint density at radius 3 is 1.78 bits per heavy atom. The fourth-order valence-electron chi connectivity index (χ4n) is 3.00. The molecule has 0 amide bonds. The van der Waals surface area contributed by atoms with Crippen LogP contribution in [-0.4, -0.2) is 26.8 Å². The Bertz CT molecular complexity index is 1180. The first-order valence-electron chi connectivity index (χ1n) is 8.83. The van der Waals surface area contributed by atoms with Gasteiger partial charge in [-0.3, -0.25) is 9.59 Å². The lowest BCUT2D eigenvalue weighted by molar-refractivity contribution is -0.274. The Morgan fingerprint density at radius 1 is 0.875 bits per heavy atom. The summed E-state index contributed by atoms with van der Waals surface area (Å²) in [6, 6.07) is 5.96. The Labute approximate surface area is 176 Å². The lowest BCUT2D eigenvalue weighted by atomic mass is 9.91. The molecule has 4 N–H and O–H groups in total. The third-order valence-electron chi connectivity index (χ3n) is 4.29. The fraction of sp³-hybridized carbons (Fsp3) is 0.200. The molecule has 0 bridgehead atoms. The number of alkyl halides is 3. The number of hydrogen-bond acceptors (Lipinski definition) is 9. The maximum Gasteiger partial charge on any atom is 0.573 e. The van der Waals surface area contributed by atoms with Crippen molar-refractivity contribution in [2.75, 3.05) is 0 Å². The van der Waals surface area contributed by atoms with Gasteiger partial charge in [-0.05, 0) is 6.07 Å². The molecule has 1 aromatic carbocycles. The summed E-state index contributed by atoms with van der Waals surface area (Å²) in [4.78, 5) is 24.3. The first-order valence-corrected chi connectivity index (χ1v) is 8.83. The number of para-hydroxylation sites is 1. The molecule has 32 heavy (non-hydrogen) atoms. The van der Waals surface area contributed by atoms with Crippen LogP contribution in [0.2, 0.25) is 0 Å². The standard InChI is InChI=1S/C20H15F3O9/c21-20(22,23)32-14-4-2-1-3-11(14)15(18-16(28)12(26)5-9(7-24)30-18)19-17(29)13(27)6-10(8-25)31-19/h1-6,15,24-25,28-29H,7-8H2. The highest BCUT2D eigenvalue weighted by molar-refractivity contribution is 5.50. The highest BCUT2D eigenvalue weighted by Crippen LogP contribution is 2.43. The third kappa shape index (κ3) is 4.60. The zero-order valence-corrected chi connectivity index (χ0v) is 15.9. The summed E-state index contributed by atoms with van der Waals surface area (Å²) in [5.74, 6) is -7.04. The summed E-state index contributed by atoms with van der Waals surface area (Å²) in [6.45, 7) is -1.63. The van der Waals surface area contributed by atoms with Crippen LogP contribution in [-0.2, 0) is 13.2 Å². The van der Waals surface area contributed by atoms with Gasteiger partial charge in [0.1, 0.15) is 36.4 Å². The second-order valence-corrected chi connectivity index (χ2v) is 6.41. The van der Waals surface area contributed by atoms with Crippen LogP contribution in [0, 0.1) is 0 Å². The molecule has 2 aromatic heterocycles. The van der Waals surface area contributed by atoms with Crippen LogP contribution in [0.3, 0.4) is 0 Å². The molecule has 0 radical (unpaired) electrons. The molecule has 0 aliphatic heterocycles. The van der Waals surface area contributed by atoms with Crippen LogP contribution in [0.1, 0.15) is 34.5 Å². The summed E-state index contributed by atoms with van der Waals surface area (Å²) in [6.07, 6.45) is -5.15. The largest absolute Gasteiger partial charge is 0.573 e. The molecule has 170 valence electrons. The molecule has 0 aliphatic carbocycles. The first-order chi connectivity index (χ1) is 15.1. The topological polar surface area (TPSA) is 151 Å². The molecule has 0 unspecified atom stereocenters. The van der Waals surface area contributed by atoms with Gasteiger partial charge in [0.05, 0.1) is 0 Å². The van der Waals surface area contributed by atoms with Gasteiger partial charge in [-0.25, -0.2) is 0 Å². The molecule has 3 rings (SSSR count). The van der Waals surface area contributed by atoms with E-state index in [9.17, 15) is 43.2 Å². The minimum absolute atomic E-state index is 0.373. The highest BCUT2D eigenvalue weighted by Gasteiger charge is 2.37. The summed E-state index contributed by atoms with van der Waals surface area (Å²) in [7, 11) is 0. The summed E-state index contributed by atoms with van der Waals surface area (Å²) < 4.78 is 53.5. The van der Waals surface area contributed by atoms with E-state index in [-0.39, 0.29) is 11.5 Å². The van der Waals surface area contributed by atoms with Crippen LogP contribution >= 0.6 is 0 Å². The molecule has 0 aliphatic rings. The van der Waals surface area contributed by atoms with Crippen LogP contribution in [0.25, 0.3) is 0 Å². The van der Waals surface area contributed by atoms with Crippen molar-refractivity contribution in [1.29, 1.82) is 0 Å². The third-order valence-corrected chi connectivity index (χ3v) is 4.29. The van der Waals surface area contributed by atoms with E-state index in [1.165, 1.54) is 12.1 Å². The molecule has 3 aromatic rings. The van der Waals surface area contributed by atoms with E-state index >= 15 is 0 Å². The van der Waals surface area contributed by atoms with Gasteiger partial charge in [-0.15, -0.1) is 13.2 Å². The van der Waals surface area contributed by atoms with Gasteiger partial charge in [0.15, 0.2) is 11.5 Å². The molecular formula is C20H15F3O9. The number of aliphatic hydroxyl groups is 2. The quantitative estimate of drug-likeness (QED) is 0.437. The normalized spacial score (nSPS) is 11.7. The van der Waals surface area contributed by atoms with E-state index in [1.807, 2.05) is 0 Å². The van der Waals surface area contributed by atoms with Crippen LogP contribution < -0.4 is 15.6 Å². The zero-order chi connectivity index (χ0) is 23.6. The molecule has 0 atom stereocenters. The van der Waals surface area contributed by atoms with Crippen LogP contribution in [0.15, 0.2) is 54.8 Å². The van der Waals surface area contributed by atoms with Crippen molar-refractivity contribution < 1.29 is 47.2 Å². The number of aromatic hydroxyl groups is 2. The van der Waals surface area contributed by atoms with Gasteiger partial charge in [0.25, 0.3) is 0 Å². The maximum absolute atomic E-state index is 13.0. The minimum Gasteiger partial charge on any atom is -0.502 e. The average Bonchev–Trinajstić information content (AvgIpc) is 2.73. The number of benzene rings is 1. The molecule has 2 heterocycles. The minimum atomic E-state index is -5.15. The molecule has 0 saturated carbocycles. The number of rotatable bonds is 6. The Kier molecular flexibility index (Phi) is 6.27. The lowest BCUT2D eigenvalue weighted by Crippen LogP contribution is -2.20. The monoisotopic (exact) mass is 456 g/mol. The second kappa shape index (κ2) is 8.77. The predicted molar refractivity (Wildman–Crippen MR) is 99.2 cm³/mol. The van der Waals surface area contributed by atoms with Gasteiger partial charge >= 0.3 is 6.36 Å². The lowest BCUT2D eigenvalue weighted by Gasteiger charge is -2.21. The Morgan fingerprint density at radius 2 is 1.34 bits per heavy atom. The van der Waals surface area contributed by atoms with Gasteiger partial charge in [-0.1, -0.05) is 18.2 Å². The molecule has 9 nitrogen and oxygen atoms in total. The summed E-state index contributed by atoms with van der Waals surface area (Å²) in [5, 5.41) is 39.3. The average molecular weight is 456 g/mol. The Hall–Kier alpha value is -3.77. The van der Waals surface area contributed by atoms with Gasteiger partial charge in [0, 0.05) is 17.7 Å². The smallest absolute Gasteiger partial charge is 0.502 e. The van der Waals surface area contributed by atoms with E-state index in [0.29, 0.717) is 0 Å². The van der Waals surface area contributed by atoms with E-state index < -0.39 is 70.7 Å². The fourth-order valence-corrected chi connectivity index (χ4v) is 3.00. The van der Waals surface area contributed by atoms with E-state index in [1.54, 1.807) is 0 Å². The predicted octanol–water partition coefficient (Wildman–Crippen LogP) is 2.07. The van der Waals surface area contributed by atoms with Crippen molar-refractivity contribution in [3.05, 3.63) is 85.4 Å². The van der Waals surface area contributed by atoms with Gasteiger partial charge < -0.3 is 34.0 Å². The van der Waals surface area contributed by atoms with E-state index in [0.717, 1.165) is 24.3 Å². The van der Waals surface area contributed by atoms with Crippen molar-refractivity contribution >= 4 is 0 Å². The number of ether oxygens (including phenoxy) is 1. The van der Waals surface area contributed by atoms with Crippen molar-refractivity contribution in [2.24, 2.45) is 0 Å². The van der Waals surface area contributed by atoms with E-state index in [2.05, 4.69) is 4.74 Å². The van der Waals surface area contributed by atoms with Gasteiger partial charge in [-0.2, -0.15) is 0 Å². The van der Waals surface area contributed by atoms with Gasteiger partial charge in [0.2, 0.25) is 22.4 Å². The van der Waals surface area contributed by atoms with Crippen molar-refractivity contribution in [3.63, 3.8) is 0 Å². The number of halogens is 3. The van der Waals surface area contributed by atoms with Crippen molar-refractivity contribution in [3.8, 4) is 17.2 Å². The molecular weight excluding hydrogens is 441 g/mol. The van der Waals surface area contributed by atoms with Crippen LogP contribution in [0.5, 0.6) is 17.2 Å². The van der Waals surface area contributed by atoms with Crippen molar-refractivity contribution in [1.82, 2.24) is 0 Å². The number of hydrogen-bond donors (Lipinski definition) is 4. The SMILES string of the molecule is O=c1cc(CO)oc(C(c2ccccc2OC(F)(F)F)c2oc(CO)cc(=O)c2O)c1O. The van der Waals surface area contributed by atoms with E-state index in [4.69, 9.17) is 8.83 Å². The van der Waals surface area contributed by atoms with Crippen LogP contribution in [0.4, 0.5) is 13.2 Å². The molecule has 0 saturated heterocycles. The zero-order valence-electron chi connectivity index (χ0n) is 15.9. The molecule has 12 heteroatoms. The second-order valence-electron chi connectivity index (χ2n) is 6.41. The maximum atomic E-state index is 13.0. The highest BCUT2D eigenvalue weighted by atomic mass is 19.4. The molecule has 0 spiro atoms. The first kappa shape index (κ1) is 22.9. The van der Waals surface area contributed by atoms with Crippen molar-refractivity contribution in [2.45, 2.75) is 25.5 Å². The summed E-state index contributed by atoms with van der Waals surface area (Å²) >= 11 is 0. The number of aliphatic hydroxyl groups excluding tert-OH is 2.